The first-order valence-electron chi connectivity index (χ1n) is 9.07. The fraction of sp³-hybridized carbons (Fsp3) is 0.136. The molecule has 0 radical (unpaired) electrons. The van der Waals surface area contributed by atoms with Crippen molar-refractivity contribution >= 4 is 21.6 Å². The molecule has 3 rings (SSSR count). The third-order valence-corrected chi connectivity index (χ3v) is 5.71. The number of benzene rings is 3. The second-order valence-electron chi connectivity index (χ2n) is 6.81. The van der Waals surface area contributed by atoms with Crippen molar-refractivity contribution in [3.63, 3.8) is 0 Å². The van der Waals surface area contributed by atoms with Gasteiger partial charge in [0.15, 0.2) is 0 Å². The van der Waals surface area contributed by atoms with Gasteiger partial charge in [0.25, 0.3) is 5.91 Å². The topological polar surface area (TPSA) is 92.5 Å². The van der Waals surface area contributed by atoms with Gasteiger partial charge in [-0.05, 0) is 54.8 Å². The minimum atomic E-state index is -3.93. The molecular weight excluding hydrogens is 386 g/mol. The molecule has 0 aliphatic rings. The summed E-state index contributed by atoms with van der Waals surface area (Å²) >= 11 is 0. The van der Waals surface area contributed by atoms with Gasteiger partial charge >= 0.3 is 0 Å². The lowest BCUT2D eigenvalue weighted by Gasteiger charge is -2.26. The highest BCUT2D eigenvalue weighted by atomic mass is 32.2. The normalized spacial score (nSPS) is 11.1. The first-order chi connectivity index (χ1) is 13.8. The summed E-state index contributed by atoms with van der Waals surface area (Å²) in [6, 6.07) is 22.1. The number of nitrogens with two attached hydrogens (primary N) is 1. The van der Waals surface area contributed by atoms with Crippen LogP contribution in [0.4, 0.5) is 5.69 Å². The van der Waals surface area contributed by atoms with E-state index in [1.54, 1.807) is 24.9 Å². The highest BCUT2D eigenvalue weighted by molar-refractivity contribution is 7.89. The van der Waals surface area contributed by atoms with E-state index in [9.17, 15) is 13.2 Å². The quantitative estimate of drug-likeness (QED) is 0.611. The Morgan fingerprint density at radius 2 is 1.55 bits per heavy atom. The molecule has 0 unspecified atom stereocenters. The molecule has 3 aromatic rings. The van der Waals surface area contributed by atoms with E-state index in [1.807, 2.05) is 60.7 Å². The van der Waals surface area contributed by atoms with Crippen molar-refractivity contribution in [2.75, 3.05) is 5.01 Å². The lowest BCUT2D eigenvalue weighted by Crippen LogP contribution is -2.42. The number of hydrazine groups is 1. The van der Waals surface area contributed by atoms with E-state index in [2.05, 4.69) is 5.43 Å². The summed E-state index contributed by atoms with van der Waals surface area (Å²) in [5.41, 5.74) is 6.14. The minimum absolute atomic E-state index is 0.0445. The maximum atomic E-state index is 13.0. The number of nitrogens with zero attached hydrogens (tertiary/aromatic N) is 1. The second kappa shape index (κ2) is 8.46. The lowest BCUT2D eigenvalue weighted by molar-refractivity contribution is 0.0948. The smallest absolute Gasteiger partial charge is 0.269 e. The number of primary sulfonamides is 1. The van der Waals surface area contributed by atoms with Crippen LogP contribution in [0, 0.1) is 13.8 Å². The van der Waals surface area contributed by atoms with Crippen molar-refractivity contribution in [3.05, 3.63) is 95.1 Å². The van der Waals surface area contributed by atoms with E-state index < -0.39 is 15.9 Å². The highest BCUT2D eigenvalue weighted by Gasteiger charge is 2.19. The summed E-state index contributed by atoms with van der Waals surface area (Å²) in [6.45, 7) is 3.87. The van der Waals surface area contributed by atoms with Crippen molar-refractivity contribution in [2.45, 2.75) is 25.3 Å². The molecule has 0 fully saturated rings. The molecule has 29 heavy (non-hydrogen) atoms. The van der Waals surface area contributed by atoms with E-state index in [0.717, 1.165) is 11.3 Å². The van der Waals surface area contributed by atoms with Crippen LogP contribution in [-0.2, 0) is 16.6 Å². The molecule has 0 aliphatic carbocycles. The van der Waals surface area contributed by atoms with Crippen molar-refractivity contribution in [3.8, 4) is 0 Å². The first-order valence-corrected chi connectivity index (χ1v) is 10.6. The van der Waals surface area contributed by atoms with Crippen LogP contribution in [0.5, 0.6) is 0 Å². The van der Waals surface area contributed by atoms with Crippen molar-refractivity contribution in [1.29, 1.82) is 0 Å². The zero-order valence-electron chi connectivity index (χ0n) is 16.3. The summed E-state index contributed by atoms with van der Waals surface area (Å²) in [5, 5.41) is 7.05. The predicted molar refractivity (Wildman–Crippen MR) is 114 cm³/mol. The molecular formula is C22H23N3O3S. The Labute approximate surface area is 171 Å². The van der Waals surface area contributed by atoms with Gasteiger partial charge in [-0.15, -0.1) is 0 Å². The number of rotatable bonds is 6. The molecule has 3 N–H and O–H groups in total. The van der Waals surface area contributed by atoms with E-state index >= 15 is 0 Å². The van der Waals surface area contributed by atoms with Crippen LogP contribution >= 0.6 is 0 Å². The Hall–Kier alpha value is -3.16. The molecule has 0 saturated heterocycles. The molecule has 0 aliphatic heterocycles. The summed E-state index contributed by atoms with van der Waals surface area (Å²) in [7, 11) is -3.93. The van der Waals surface area contributed by atoms with Gasteiger partial charge < -0.3 is 0 Å². The fourth-order valence-corrected chi connectivity index (χ4v) is 3.89. The fourth-order valence-electron chi connectivity index (χ4n) is 3.01. The third-order valence-electron chi connectivity index (χ3n) is 4.68. The summed E-state index contributed by atoms with van der Waals surface area (Å²) < 4.78 is 23.8. The number of nitrogens with one attached hydrogen (secondary N) is 1. The highest BCUT2D eigenvalue weighted by Crippen LogP contribution is 2.21. The Bertz CT molecular complexity index is 1110. The molecule has 3 aromatic carbocycles. The van der Waals surface area contributed by atoms with Gasteiger partial charge in [-0.25, -0.2) is 13.6 Å². The zero-order chi connectivity index (χ0) is 21.0. The van der Waals surface area contributed by atoms with Crippen molar-refractivity contribution < 1.29 is 13.2 Å². The van der Waals surface area contributed by atoms with Gasteiger partial charge in [0.05, 0.1) is 17.1 Å². The maximum absolute atomic E-state index is 13.0. The number of carbonyl (C=O) groups excluding carboxylic acids is 1. The number of amides is 1. The minimum Gasteiger partial charge on any atom is -0.281 e. The van der Waals surface area contributed by atoms with E-state index in [-0.39, 0.29) is 10.5 Å². The average Bonchev–Trinajstić information content (AvgIpc) is 2.70. The van der Waals surface area contributed by atoms with Crippen LogP contribution < -0.4 is 15.6 Å². The Balaban J connectivity index is 1.94. The molecule has 7 heteroatoms. The van der Waals surface area contributed by atoms with Gasteiger partial charge in [-0.2, -0.15) is 0 Å². The number of hydrogen-bond acceptors (Lipinski definition) is 4. The largest absolute Gasteiger partial charge is 0.281 e. The standard InChI is InChI=1S/C22H23N3O3S/c1-16-13-19(14-21(17(16)2)29(23,27)28)22(26)24-25(20-11-7-4-8-12-20)15-18-9-5-3-6-10-18/h3-14H,15H2,1-2H3,(H,24,26)(H2,23,27,28). The monoisotopic (exact) mass is 409 g/mol. The molecule has 1 amide bonds. The summed E-state index contributed by atoms with van der Waals surface area (Å²) in [4.78, 5) is 12.9. The summed E-state index contributed by atoms with van der Waals surface area (Å²) in [5.74, 6) is -0.419. The molecule has 0 spiro atoms. The zero-order valence-corrected chi connectivity index (χ0v) is 17.1. The lowest BCUT2D eigenvalue weighted by atomic mass is 10.1. The van der Waals surface area contributed by atoms with Crippen molar-refractivity contribution in [2.24, 2.45) is 5.14 Å². The van der Waals surface area contributed by atoms with Crippen molar-refractivity contribution in [1.82, 2.24) is 5.43 Å². The number of carbonyl (C=O) groups is 1. The van der Waals surface area contributed by atoms with Gasteiger partial charge in [0, 0.05) is 5.56 Å². The number of sulfonamides is 1. The molecule has 150 valence electrons. The molecule has 6 nitrogen and oxygen atoms in total. The Morgan fingerprint density at radius 1 is 0.966 bits per heavy atom. The molecule has 0 aromatic heterocycles. The van der Waals surface area contributed by atoms with Crippen LogP contribution in [0.1, 0.15) is 27.0 Å². The van der Waals surface area contributed by atoms with Crippen LogP contribution in [0.3, 0.4) is 0 Å². The number of para-hydroxylation sites is 1. The maximum Gasteiger partial charge on any atom is 0.269 e. The summed E-state index contributed by atoms with van der Waals surface area (Å²) in [6.07, 6.45) is 0. The SMILES string of the molecule is Cc1cc(C(=O)NN(Cc2ccccc2)c2ccccc2)cc(S(N)(=O)=O)c1C. The molecule has 0 atom stereocenters. The first kappa shape index (κ1) is 20.6. The van der Waals surface area contributed by atoms with Crippen LogP contribution in [-0.4, -0.2) is 14.3 Å². The second-order valence-corrected chi connectivity index (χ2v) is 8.34. The van der Waals surface area contributed by atoms with Gasteiger partial charge in [-0.1, -0.05) is 48.5 Å². The van der Waals surface area contributed by atoms with Crippen LogP contribution in [0.25, 0.3) is 0 Å². The van der Waals surface area contributed by atoms with Crippen LogP contribution in [0.15, 0.2) is 77.7 Å². The molecule has 0 saturated carbocycles. The van der Waals surface area contributed by atoms with Gasteiger partial charge in [0.2, 0.25) is 10.0 Å². The molecule has 0 bridgehead atoms. The van der Waals surface area contributed by atoms with E-state index in [4.69, 9.17) is 5.14 Å². The number of aryl methyl sites for hydroxylation is 1. The van der Waals surface area contributed by atoms with E-state index in [1.165, 1.54) is 6.07 Å². The average molecular weight is 410 g/mol. The molecule has 0 heterocycles. The van der Waals surface area contributed by atoms with Gasteiger partial charge in [-0.3, -0.25) is 15.2 Å². The van der Waals surface area contributed by atoms with Crippen LogP contribution in [0.2, 0.25) is 0 Å². The van der Waals surface area contributed by atoms with Gasteiger partial charge in [0.1, 0.15) is 0 Å². The van der Waals surface area contributed by atoms with E-state index in [0.29, 0.717) is 17.7 Å². The number of hydrogen-bond donors (Lipinski definition) is 2. The predicted octanol–water partition coefficient (Wildman–Crippen LogP) is 3.30. The third kappa shape index (κ3) is 5.01. The number of anilines is 1. The Kier molecular flexibility index (Phi) is 6.00. The Morgan fingerprint density at radius 3 is 2.14 bits per heavy atom.